The summed E-state index contributed by atoms with van der Waals surface area (Å²) in [5.41, 5.74) is 0.996. The minimum atomic E-state index is -0.450. The lowest BCUT2D eigenvalue weighted by atomic mass is 9.95. The number of fused-ring (bicyclic) bond motifs is 1. The zero-order valence-corrected chi connectivity index (χ0v) is 26.0. The van der Waals surface area contributed by atoms with E-state index in [1.807, 2.05) is 39.8 Å². The maximum Gasteiger partial charge on any atom is 0.282 e. The van der Waals surface area contributed by atoms with E-state index in [9.17, 15) is 14.0 Å². The van der Waals surface area contributed by atoms with E-state index in [-0.39, 0.29) is 12.2 Å². The van der Waals surface area contributed by atoms with E-state index < -0.39 is 17.1 Å². The first-order chi connectivity index (χ1) is 19.0. The summed E-state index contributed by atoms with van der Waals surface area (Å²) in [5.74, 6) is 0.557. The Morgan fingerprint density at radius 3 is 2.55 bits per heavy atom. The van der Waals surface area contributed by atoms with Gasteiger partial charge in [-0.1, -0.05) is 36.7 Å². The first-order valence-electron chi connectivity index (χ1n) is 12.4. The fourth-order valence-electron chi connectivity index (χ4n) is 3.80. The molecular weight excluding hydrogens is 694 g/mol. The molecule has 11 heteroatoms. The monoisotopic (exact) mass is 720 g/mol. The number of amides is 1. The number of aromatic nitrogens is 2. The molecule has 40 heavy (non-hydrogen) atoms. The smallest absolute Gasteiger partial charge is 0.282 e. The molecule has 4 aromatic rings. The number of anilines is 1. The molecule has 1 heterocycles. The zero-order chi connectivity index (χ0) is 29.0. The van der Waals surface area contributed by atoms with Crippen LogP contribution in [0.3, 0.4) is 0 Å². The fraction of sp³-hybridized carbons (Fsp3) is 0.241. The van der Waals surface area contributed by atoms with Crippen molar-refractivity contribution in [3.63, 3.8) is 0 Å². The summed E-state index contributed by atoms with van der Waals surface area (Å²) in [5, 5.41) is 7.65. The van der Waals surface area contributed by atoms with Crippen LogP contribution in [0.1, 0.15) is 39.1 Å². The summed E-state index contributed by atoms with van der Waals surface area (Å²) in [4.78, 5) is 30.6. The molecule has 0 aliphatic carbocycles. The van der Waals surface area contributed by atoms with Crippen LogP contribution in [0.4, 0.5) is 10.1 Å². The molecule has 0 fully saturated rings. The maximum absolute atomic E-state index is 13.4. The predicted molar refractivity (Wildman–Crippen MR) is 166 cm³/mol. The second-order valence-corrected chi connectivity index (χ2v) is 11.9. The molecule has 0 atom stereocenters. The molecule has 1 amide bonds. The van der Waals surface area contributed by atoms with Gasteiger partial charge in [0, 0.05) is 15.6 Å². The van der Waals surface area contributed by atoms with Crippen LogP contribution in [0.15, 0.2) is 69.0 Å². The van der Waals surface area contributed by atoms with E-state index in [4.69, 9.17) is 14.5 Å². The Kier molecular flexibility index (Phi) is 9.24. The van der Waals surface area contributed by atoms with E-state index in [2.05, 4.69) is 48.9 Å². The number of benzene rings is 3. The third-order valence-corrected chi connectivity index (χ3v) is 6.90. The Labute approximate surface area is 252 Å². The Morgan fingerprint density at radius 2 is 1.88 bits per heavy atom. The van der Waals surface area contributed by atoms with Crippen LogP contribution in [-0.4, -0.2) is 35.0 Å². The predicted octanol–water partition coefficient (Wildman–Crippen LogP) is 6.50. The van der Waals surface area contributed by atoms with Gasteiger partial charge >= 0.3 is 0 Å². The highest BCUT2D eigenvalue weighted by molar-refractivity contribution is 14.1. The molecule has 0 radical (unpaired) electrons. The molecule has 0 bridgehead atoms. The molecule has 1 aromatic heterocycles. The van der Waals surface area contributed by atoms with Gasteiger partial charge in [-0.15, -0.1) is 0 Å². The van der Waals surface area contributed by atoms with Crippen molar-refractivity contribution in [1.82, 2.24) is 9.66 Å². The van der Waals surface area contributed by atoms with E-state index >= 15 is 0 Å². The topological polar surface area (TPSA) is 94.8 Å². The minimum Gasteiger partial charge on any atom is -0.490 e. The van der Waals surface area contributed by atoms with Crippen LogP contribution in [0.25, 0.3) is 10.9 Å². The summed E-state index contributed by atoms with van der Waals surface area (Å²) < 4.78 is 27.5. The lowest BCUT2D eigenvalue weighted by molar-refractivity contribution is -0.118. The Bertz CT molecular complexity index is 1650. The van der Waals surface area contributed by atoms with Crippen molar-refractivity contribution in [2.24, 2.45) is 5.10 Å². The number of ether oxygens (including phenoxy) is 2. The average Bonchev–Trinajstić information content (AvgIpc) is 2.89. The van der Waals surface area contributed by atoms with Gasteiger partial charge in [-0.25, -0.2) is 9.37 Å². The van der Waals surface area contributed by atoms with E-state index in [1.54, 1.807) is 24.4 Å². The second kappa shape index (κ2) is 12.5. The molecule has 8 nitrogen and oxygen atoms in total. The van der Waals surface area contributed by atoms with Crippen molar-refractivity contribution in [3.05, 3.63) is 90.2 Å². The van der Waals surface area contributed by atoms with Gasteiger partial charge in [-0.05, 0) is 89.7 Å². The van der Waals surface area contributed by atoms with Crippen LogP contribution in [0, 0.1) is 9.39 Å². The molecule has 3 aromatic carbocycles. The summed E-state index contributed by atoms with van der Waals surface area (Å²) in [6.07, 6.45) is 1.57. The van der Waals surface area contributed by atoms with Crippen molar-refractivity contribution >= 4 is 67.2 Å². The standard InChI is InChI=1S/C29H27BrFIN4O4/c1-5-39-24-13-17(12-22(32)26(24)40-16-25(37)34-20-9-7-19(31)8-10-20)15-33-36-27(38)21-14-18(30)6-11-23(21)35-28(36)29(2,3)4/h6-15H,5,16H2,1-4H3,(H,34,37). The molecule has 0 unspecified atom stereocenters. The van der Waals surface area contributed by atoms with Gasteiger partial charge in [0.25, 0.3) is 11.5 Å². The Morgan fingerprint density at radius 1 is 1.15 bits per heavy atom. The van der Waals surface area contributed by atoms with E-state index in [0.29, 0.717) is 49.7 Å². The largest absolute Gasteiger partial charge is 0.490 e. The first-order valence-corrected chi connectivity index (χ1v) is 14.2. The summed E-state index contributed by atoms with van der Waals surface area (Å²) >= 11 is 5.52. The lowest BCUT2D eigenvalue weighted by Gasteiger charge is -2.21. The molecular formula is C29H27BrFIN4O4. The number of halogens is 3. The number of carbonyl (C=O) groups is 1. The fourth-order valence-corrected chi connectivity index (χ4v) is 4.94. The third kappa shape index (κ3) is 7.05. The van der Waals surface area contributed by atoms with Gasteiger partial charge in [0.05, 0.1) is 27.3 Å². The molecule has 0 aliphatic rings. The van der Waals surface area contributed by atoms with Crippen LogP contribution < -0.4 is 20.3 Å². The number of nitrogens with one attached hydrogen (secondary N) is 1. The summed E-state index contributed by atoms with van der Waals surface area (Å²) in [6, 6.07) is 14.4. The minimum absolute atomic E-state index is 0.274. The lowest BCUT2D eigenvalue weighted by Crippen LogP contribution is -2.29. The van der Waals surface area contributed by atoms with Gasteiger partial charge < -0.3 is 14.8 Å². The second-order valence-electron chi connectivity index (χ2n) is 9.82. The van der Waals surface area contributed by atoms with Crippen molar-refractivity contribution in [1.29, 1.82) is 0 Å². The van der Waals surface area contributed by atoms with Crippen LogP contribution in [0.2, 0.25) is 0 Å². The molecule has 1 N–H and O–H groups in total. The van der Waals surface area contributed by atoms with Crippen molar-refractivity contribution in [3.8, 4) is 11.5 Å². The number of carbonyl (C=O) groups excluding carboxylic acids is 1. The normalized spacial score (nSPS) is 11.7. The maximum atomic E-state index is 13.4. The highest BCUT2D eigenvalue weighted by atomic mass is 127. The van der Waals surface area contributed by atoms with Crippen LogP contribution in [0.5, 0.6) is 11.5 Å². The molecule has 0 saturated heterocycles. The highest BCUT2D eigenvalue weighted by Gasteiger charge is 2.23. The number of hydrogen-bond acceptors (Lipinski definition) is 6. The summed E-state index contributed by atoms with van der Waals surface area (Å²) in [7, 11) is 0. The third-order valence-electron chi connectivity index (χ3n) is 5.61. The van der Waals surface area contributed by atoms with Crippen molar-refractivity contribution in [2.75, 3.05) is 18.5 Å². The van der Waals surface area contributed by atoms with Gasteiger partial charge in [-0.2, -0.15) is 9.78 Å². The molecule has 0 spiro atoms. The molecule has 0 aliphatic heterocycles. The number of rotatable bonds is 8. The van der Waals surface area contributed by atoms with Crippen LogP contribution in [-0.2, 0) is 10.2 Å². The Balaban J connectivity index is 1.63. The average molecular weight is 721 g/mol. The SMILES string of the molecule is CCOc1cc(C=Nn2c(C(C)(C)C)nc3ccc(Br)cc3c2=O)cc(I)c1OCC(=O)Nc1ccc(F)cc1. The summed E-state index contributed by atoms with van der Waals surface area (Å²) in [6.45, 7) is 7.85. The number of hydrogen-bond donors (Lipinski definition) is 1. The van der Waals surface area contributed by atoms with E-state index in [0.717, 1.165) is 4.47 Å². The van der Waals surface area contributed by atoms with Gasteiger partial charge in [0.15, 0.2) is 18.1 Å². The van der Waals surface area contributed by atoms with Crippen molar-refractivity contribution in [2.45, 2.75) is 33.1 Å². The van der Waals surface area contributed by atoms with Gasteiger partial charge in [0.1, 0.15) is 11.6 Å². The van der Waals surface area contributed by atoms with Gasteiger partial charge in [-0.3, -0.25) is 9.59 Å². The molecule has 4 rings (SSSR count). The first kappa shape index (κ1) is 29.7. The molecule has 0 saturated carbocycles. The highest BCUT2D eigenvalue weighted by Crippen LogP contribution is 2.34. The van der Waals surface area contributed by atoms with Gasteiger partial charge in [0.2, 0.25) is 0 Å². The van der Waals surface area contributed by atoms with Crippen molar-refractivity contribution < 1.29 is 18.7 Å². The quantitative estimate of drug-likeness (QED) is 0.166. The zero-order valence-electron chi connectivity index (χ0n) is 22.3. The Hall–Kier alpha value is -3.32. The van der Waals surface area contributed by atoms with E-state index in [1.165, 1.54) is 28.9 Å². The molecule has 208 valence electrons. The number of nitrogens with zero attached hydrogens (tertiary/aromatic N) is 3. The van der Waals surface area contributed by atoms with Crippen LogP contribution >= 0.6 is 38.5 Å².